The van der Waals surface area contributed by atoms with Crippen LogP contribution in [0.15, 0.2) is 46.3 Å². The Kier molecular flexibility index (Phi) is 7.09. The molecule has 32 heavy (non-hydrogen) atoms. The standard InChI is InChI=1S/C23H25N5O3S/c1-12-6-8-18(14(3)10-12)25-21(30)15(4)32-23-26-22(31)20(27-28-23)17-11-13(2)7-9-19(17)24-16(5)29/h6-11,15H,1-5H3,(H,24,29)(H,25,30)(H,26,28,31)/t15-/m1/s1. The van der Waals surface area contributed by atoms with E-state index in [-0.39, 0.29) is 22.7 Å². The van der Waals surface area contributed by atoms with E-state index < -0.39 is 10.8 Å². The van der Waals surface area contributed by atoms with Gasteiger partial charge in [0.25, 0.3) is 5.56 Å². The highest BCUT2D eigenvalue weighted by atomic mass is 32.2. The number of carbonyl (C=O) groups is 2. The molecule has 0 spiro atoms. The van der Waals surface area contributed by atoms with Gasteiger partial charge in [-0.1, -0.05) is 41.1 Å². The fourth-order valence-electron chi connectivity index (χ4n) is 3.11. The molecule has 2 aromatic carbocycles. The molecular formula is C23H25N5O3S. The molecule has 9 heteroatoms. The van der Waals surface area contributed by atoms with Crippen molar-refractivity contribution in [3.8, 4) is 11.3 Å². The molecular weight excluding hydrogens is 426 g/mol. The average molecular weight is 452 g/mol. The van der Waals surface area contributed by atoms with Gasteiger partial charge in [-0.2, -0.15) is 0 Å². The fourth-order valence-corrected chi connectivity index (χ4v) is 3.85. The number of aromatic nitrogens is 3. The summed E-state index contributed by atoms with van der Waals surface area (Å²) < 4.78 is 0. The zero-order valence-corrected chi connectivity index (χ0v) is 19.4. The van der Waals surface area contributed by atoms with Gasteiger partial charge in [-0.15, -0.1) is 10.2 Å². The van der Waals surface area contributed by atoms with E-state index in [1.165, 1.54) is 6.92 Å². The molecule has 0 aliphatic rings. The predicted octanol–water partition coefficient (Wildman–Crippen LogP) is 3.83. The van der Waals surface area contributed by atoms with Gasteiger partial charge < -0.3 is 10.6 Å². The molecule has 8 nitrogen and oxygen atoms in total. The van der Waals surface area contributed by atoms with Crippen LogP contribution in [0, 0.1) is 20.8 Å². The van der Waals surface area contributed by atoms with E-state index in [9.17, 15) is 14.4 Å². The van der Waals surface area contributed by atoms with Crippen molar-refractivity contribution in [3.05, 3.63) is 63.4 Å². The van der Waals surface area contributed by atoms with Crippen LogP contribution in [0.5, 0.6) is 0 Å². The third-order valence-electron chi connectivity index (χ3n) is 4.71. The fraction of sp³-hybridized carbons (Fsp3) is 0.261. The number of hydrogen-bond donors (Lipinski definition) is 3. The number of hydrogen-bond acceptors (Lipinski definition) is 6. The zero-order valence-electron chi connectivity index (χ0n) is 18.6. The number of rotatable bonds is 6. The lowest BCUT2D eigenvalue weighted by Gasteiger charge is -2.13. The van der Waals surface area contributed by atoms with Gasteiger partial charge in [-0.3, -0.25) is 19.4 Å². The van der Waals surface area contributed by atoms with Crippen molar-refractivity contribution in [3.63, 3.8) is 0 Å². The van der Waals surface area contributed by atoms with Gasteiger partial charge >= 0.3 is 0 Å². The van der Waals surface area contributed by atoms with E-state index in [2.05, 4.69) is 25.8 Å². The van der Waals surface area contributed by atoms with Gasteiger partial charge in [0, 0.05) is 18.2 Å². The van der Waals surface area contributed by atoms with Gasteiger partial charge in [0.2, 0.25) is 11.8 Å². The third kappa shape index (κ3) is 5.61. The van der Waals surface area contributed by atoms with Crippen molar-refractivity contribution in [1.82, 2.24) is 15.2 Å². The predicted molar refractivity (Wildman–Crippen MR) is 127 cm³/mol. The van der Waals surface area contributed by atoms with Crippen LogP contribution in [-0.4, -0.2) is 32.2 Å². The Labute approximate surface area is 190 Å². The van der Waals surface area contributed by atoms with Crippen molar-refractivity contribution in [2.45, 2.75) is 45.0 Å². The summed E-state index contributed by atoms with van der Waals surface area (Å²) in [4.78, 5) is 39.5. The molecule has 0 saturated heterocycles. The number of anilines is 2. The Hall–Kier alpha value is -3.46. The van der Waals surface area contributed by atoms with Crippen LogP contribution in [0.25, 0.3) is 11.3 Å². The zero-order chi connectivity index (χ0) is 23.4. The van der Waals surface area contributed by atoms with E-state index in [1.807, 2.05) is 45.0 Å². The SMILES string of the molecule is CC(=O)Nc1ccc(C)cc1-c1nnc(S[C@H](C)C(=O)Nc2ccc(C)cc2C)[nH]c1=O. The molecule has 0 radical (unpaired) electrons. The summed E-state index contributed by atoms with van der Waals surface area (Å²) in [6.07, 6.45) is 0. The minimum absolute atomic E-state index is 0.0918. The first-order chi connectivity index (χ1) is 15.1. The molecule has 0 aliphatic carbocycles. The molecule has 3 N–H and O–H groups in total. The molecule has 166 valence electrons. The minimum Gasteiger partial charge on any atom is -0.326 e. The molecule has 0 fully saturated rings. The molecule has 1 atom stereocenters. The van der Waals surface area contributed by atoms with Crippen LogP contribution in [0.3, 0.4) is 0 Å². The first kappa shape index (κ1) is 23.2. The van der Waals surface area contributed by atoms with Crippen molar-refractivity contribution in [2.24, 2.45) is 0 Å². The number of aryl methyl sites for hydroxylation is 3. The number of amides is 2. The summed E-state index contributed by atoms with van der Waals surface area (Å²) in [6.45, 7) is 8.92. The molecule has 0 aliphatic heterocycles. The maximum absolute atomic E-state index is 12.7. The van der Waals surface area contributed by atoms with E-state index in [0.717, 1.165) is 34.1 Å². The highest BCUT2D eigenvalue weighted by molar-refractivity contribution is 8.00. The van der Waals surface area contributed by atoms with Gasteiger partial charge in [0.15, 0.2) is 10.9 Å². The first-order valence-corrected chi connectivity index (χ1v) is 10.9. The van der Waals surface area contributed by atoms with Crippen LogP contribution in [0.2, 0.25) is 0 Å². The topological polar surface area (TPSA) is 117 Å². The van der Waals surface area contributed by atoms with Crippen LogP contribution in [0.4, 0.5) is 11.4 Å². The summed E-state index contributed by atoms with van der Waals surface area (Å²) >= 11 is 1.11. The molecule has 1 aromatic heterocycles. The molecule has 0 saturated carbocycles. The van der Waals surface area contributed by atoms with Crippen molar-refractivity contribution in [1.29, 1.82) is 0 Å². The van der Waals surface area contributed by atoms with Gasteiger partial charge in [0.05, 0.1) is 10.9 Å². The van der Waals surface area contributed by atoms with E-state index in [0.29, 0.717) is 11.3 Å². The molecule has 0 bridgehead atoms. The lowest BCUT2D eigenvalue weighted by molar-refractivity contribution is -0.115. The Morgan fingerprint density at radius 1 is 0.969 bits per heavy atom. The van der Waals surface area contributed by atoms with Crippen LogP contribution < -0.4 is 16.2 Å². The van der Waals surface area contributed by atoms with Gasteiger partial charge in [-0.25, -0.2) is 0 Å². The monoisotopic (exact) mass is 451 g/mol. The number of H-pyrrole nitrogens is 1. The molecule has 3 aromatic rings. The summed E-state index contributed by atoms with van der Waals surface area (Å²) in [5.74, 6) is -0.462. The van der Waals surface area contributed by atoms with Crippen molar-refractivity contribution in [2.75, 3.05) is 10.6 Å². The Morgan fingerprint density at radius 3 is 2.25 bits per heavy atom. The summed E-state index contributed by atoms with van der Waals surface area (Å²) in [6, 6.07) is 11.1. The average Bonchev–Trinajstić information content (AvgIpc) is 2.71. The number of benzene rings is 2. The minimum atomic E-state index is -0.514. The number of carbonyl (C=O) groups excluding carboxylic acids is 2. The normalized spacial score (nSPS) is 11.7. The van der Waals surface area contributed by atoms with Crippen LogP contribution in [0.1, 0.15) is 30.5 Å². The largest absolute Gasteiger partial charge is 0.326 e. The van der Waals surface area contributed by atoms with Gasteiger partial charge in [-0.05, 0) is 51.5 Å². The number of nitrogens with one attached hydrogen (secondary N) is 3. The van der Waals surface area contributed by atoms with Crippen LogP contribution >= 0.6 is 11.8 Å². The number of thioether (sulfide) groups is 1. The maximum atomic E-state index is 12.7. The molecule has 1 heterocycles. The Balaban J connectivity index is 1.78. The second-order valence-corrected chi connectivity index (χ2v) is 8.94. The summed E-state index contributed by atoms with van der Waals surface area (Å²) in [5.41, 5.74) is 4.33. The Morgan fingerprint density at radius 2 is 1.62 bits per heavy atom. The maximum Gasteiger partial charge on any atom is 0.278 e. The number of aromatic amines is 1. The highest BCUT2D eigenvalue weighted by Gasteiger charge is 2.19. The quantitative estimate of drug-likeness (QED) is 0.490. The molecule has 0 unspecified atom stereocenters. The smallest absolute Gasteiger partial charge is 0.278 e. The third-order valence-corrected chi connectivity index (χ3v) is 5.69. The lowest BCUT2D eigenvalue weighted by atomic mass is 10.1. The highest BCUT2D eigenvalue weighted by Crippen LogP contribution is 2.26. The molecule has 3 rings (SSSR count). The second-order valence-electron chi connectivity index (χ2n) is 7.61. The van der Waals surface area contributed by atoms with Crippen molar-refractivity contribution >= 4 is 35.0 Å². The van der Waals surface area contributed by atoms with E-state index in [1.54, 1.807) is 19.1 Å². The second kappa shape index (κ2) is 9.78. The number of nitrogens with zero attached hydrogens (tertiary/aromatic N) is 2. The van der Waals surface area contributed by atoms with E-state index in [4.69, 9.17) is 0 Å². The van der Waals surface area contributed by atoms with Crippen LogP contribution in [-0.2, 0) is 9.59 Å². The van der Waals surface area contributed by atoms with Gasteiger partial charge in [0.1, 0.15) is 0 Å². The van der Waals surface area contributed by atoms with E-state index >= 15 is 0 Å². The van der Waals surface area contributed by atoms with Crippen molar-refractivity contribution < 1.29 is 9.59 Å². The summed E-state index contributed by atoms with van der Waals surface area (Å²) in [7, 11) is 0. The summed E-state index contributed by atoms with van der Waals surface area (Å²) in [5, 5.41) is 13.5. The molecule has 2 amide bonds. The Bertz CT molecular complexity index is 1240. The lowest BCUT2D eigenvalue weighted by Crippen LogP contribution is -2.24. The first-order valence-electron chi connectivity index (χ1n) is 10.0.